The highest BCUT2D eigenvalue weighted by Crippen LogP contribution is 2.46. The van der Waals surface area contributed by atoms with Crippen molar-refractivity contribution in [2.45, 2.75) is 161 Å². The maximum absolute atomic E-state index is 13.7. The van der Waals surface area contributed by atoms with Crippen LogP contribution in [0.25, 0.3) is 56.0 Å². The summed E-state index contributed by atoms with van der Waals surface area (Å²) in [6.07, 6.45) is 10.8. The molecule has 9 aromatic carbocycles. The fourth-order valence-corrected chi connectivity index (χ4v) is 20.0. The van der Waals surface area contributed by atoms with Gasteiger partial charge in [0.05, 0.1) is 45.9 Å². The number of nitrogens with one attached hydrogen (secondary N) is 3. The Morgan fingerprint density at radius 3 is 1.13 bits per heavy atom. The second-order valence-electron chi connectivity index (χ2n) is 32.2. The van der Waals surface area contributed by atoms with E-state index in [0.717, 1.165) is 168 Å². The van der Waals surface area contributed by atoms with E-state index in [-0.39, 0.29) is 27.1 Å². The van der Waals surface area contributed by atoms with E-state index in [0.29, 0.717) is 93.6 Å². The molecule has 0 bridgehead atoms. The first-order valence-corrected chi connectivity index (χ1v) is 47.8. The number of hydrogen-bond acceptors (Lipinski definition) is 17. The van der Waals surface area contributed by atoms with Crippen LogP contribution < -0.4 is 28.4 Å². The van der Waals surface area contributed by atoms with Gasteiger partial charge in [-0.1, -0.05) is 151 Å². The average Bonchev–Trinajstić information content (AvgIpc) is 1.62. The van der Waals surface area contributed by atoms with Gasteiger partial charge in [-0.25, -0.2) is 43.9 Å². The van der Waals surface area contributed by atoms with Gasteiger partial charge in [0, 0.05) is 98.9 Å². The number of carbonyl (C=O) groups excluding carboxylic acids is 3. The topological polar surface area (TPSA) is 296 Å². The molecule has 0 atom stereocenters. The number of fused-ring (bicyclic) bond motifs is 4. The Bertz CT molecular complexity index is 6820. The van der Waals surface area contributed by atoms with Crippen molar-refractivity contribution in [3.05, 3.63) is 323 Å². The summed E-state index contributed by atoms with van der Waals surface area (Å²) in [4.78, 5) is 41.1. The number of hydrogen-bond donors (Lipinski definition) is 3. The molecule has 0 spiro atoms. The van der Waals surface area contributed by atoms with E-state index in [4.69, 9.17) is 49.0 Å². The normalized spacial score (nSPS) is 12.9. The molecule has 29 heteroatoms. The molecule has 3 N–H and O–H groups in total. The number of carbonyl (C=O) groups is 3. The van der Waals surface area contributed by atoms with Crippen LogP contribution in [0.4, 0.5) is 0 Å². The van der Waals surface area contributed by atoms with E-state index in [1.807, 2.05) is 173 Å². The van der Waals surface area contributed by atoms with Crippen LogP contribution >= 0.6 is 34.8 Å². The third-order valence-electron chi connectivity index (χ3n) is 22.8. The Morgan fingerprint density at radius 2 is 0.758 bits per heavy atom. The number of nitrogens with zero attached hydrogens (tertiary/aromatic N) is 8. The Balaban J connectivity index is 0.000000155. The molecule has 16 rings (SSSR count). The summed E-state index contributed by atoms with van der Waals surface area (Å²) in [7, 11) is -12.1. The first-order valence-electron chi connectivity index (χ1n) is 42.2. The predicted octanol–water partition coefficient (Wildman–Crippen LogP) is 20.0. The molecule has 3 amide bonds. The van der Waals surface area contributed by atoms with Gasteiger partial charge in [-0.05, 0) is 303 Å². The molecular weight excluding hydrogens is 1740 g/mol. The zero-order valence-electron chi connectivity index (χ0n) is 72.6. The van der Waals surface area contributed by atoms with Crippen molar-refractivity contribution in [2.75, 3.05) is 19.8 Å². The molecule has 3 aliphatic rings. The summed E-state index contributed by atoms with van der Waals surface area (Å²) in [6, 6.07) is 59.2. The number of benzene rings is 9. The lowest BCUT2D eigenvalue weighted by Crippen LogP contribution is -2.32. The molecule has 3 aliphatic carbocycles. The molecule has 0 saturated carbocycles. The predicted molar refractivity (Wildman–Crippen MR) is 501 cm³/mol. The average molecular weight is 1840 g/mol. The van der Waals surface area contributed by atoms with Gasteiger partial charge in [0.25, 0.3) is 47.8 Å². The second-order valence-corrected chi connectivity index (χ2v) is 38.3. The van der Waals surface area contributed by atoms with Crippen LogP contribution in [-0.4, -0.2) is 102 Å². The standard InChI is InChI=1S/C33H30ClN5O4S.2C33H34ClN3O4S/c1-20-17-31-35-37-38-39(31)19-30(20)27-12-7-11-25-26(13-8-14-43-23-15-21(2)32(34)22(3)16-23)29(18-28(25)27)33(40)36-44(41,42)24-9-5-4-6-10-24;1-21(2)37-31(15-16-35-37)28-13-8-12-26-27(14-9-17-41-24-18-22(3)32(34)23(4)19-24)30(20-29(26)28)33(38)36-42(39,40)25-10-6-5-7-11-25;1-4-17-37-31(15-16-35-37)28-13-8-12-26-27(14-9-18-41-24-19-22(2)32(34)23(3)20-24)30(21-29(26)28)33(38)36-42(39,40)25-10-6-5-7-11-25/h4-7,9-12,15-17,19H,8,13-14,18H2,1-3H3,(H,36,40);5-8,10-13,15-16,18-19,21H,9,14,17,20H2,1-4H3,(H,36,38);5-8,10-13,15-16,19-20H,4,9,14,17-18,21H2,1-3H3,(H,36,38). The highest BCUT2D eigenvalue weighted by atomic mass is 35.5. The van der Waals surface area contributed by atoms with Crippen molar-refractivity contribution >= 4 is 105 Å². The Hall–Kier alpha value is -12.3. The fourth-order valence-electron chi connectivity index (χ4n) is 16.6. The van der Waals surface area contributed by atoms with E-state index in [2.05, 4.69) is 60.7 Å². The zero-order chi connectivity index (χ0) is 90.9. The van der Waals surface area contributed by atoms with E-state index in [1.54, 1.807) is 71.5 Å². The van der Waals surface area contributed by atoms with E-state index in [9.17, 15) is 39.6 Å². The van der Waals surface area contributed by atoms with Crippen LogP contribution in [0, 0.1) is 48.5 Å². The highest BCUT2D eigenvalue weighted by Gasteiger charge is 2.36. The Labute approximate surface area is 761 Å². The Morgan fingerprint density at radius 1 is 0.414 bits per heavy atom. The Kier molecular flexibility index (Phi) is 28.7. The van der Waals surface area contributed by atoms with Gasteiger partial charge in [-0.2, -0.15) is 10.2 Å². The molecule has 0 fully saturated rings. The zero-order valence-corrected chi connectivity index (χ0v) is 77.3. The quantitative estimate of drug-likeness (QED) is 0.0352. The minimum absolute atomic E-state index is 0.0269. The maximum atomic E-state index is 13.7. The SMILES string of the molecule is CCCn1nccc1-c1cccc2c1CC(C(=O)NS(=O)(=O)c1ccccc1)=C2CCCOc1cc(C)c(Cl)c(C)c1.Cc1cc(OCCCC2=C(C(=O)NS(=O)(=O)c3ccccc3)Cc3c2cccc3-c2ccnn2C(C)C)cc(C)c1Cl.Cc1cc2nnnn2cc1-c1cccc2c1CC(C(=O)NS(=O)(=O)c1ccccc1)=C2CCCOc1cc(C)c(Cl)c(C)c1. The van der Waals surface area contributed by atoms with Crippen LogP contribution in [0.15, 0.2) is 250 Å². The van der Waals surface area contributed by atoms with Crippen molar-refractivity contribution in [1.29, 1.82) is 0 Å². The number of allylic oxidation sites excluding steroid dienone is 3. The van der Waals surface area contributed by atoms with Crippen molar-refractivity contribution < 1.29 is 53.8 Å². The summed E-state index contributed by atoms with van der Waals surface area (Å²) in [5.41, 5.74) is 22.6. The molecular formula is C99H98Cl3N11O12S3. The molecule has 13 aromatic rings. The van der Waals surface area contributed by atoms with Crippen LogP contribution in [0.3, 0.4) is 0 Å². The molecule has 0 saturated heterocycles. The number of rotatable bonds is 30. The van der Waals surface area contributed by atoms with Gasteiger partial charge in [0.2, 0.25) is 0 Å². The molecule has 0 unspecified atom stereocenters. The number of aryl methyl sites for hydroxylation is 8. The lowest BCUT2D eigenvalue weighted by Gasteiger charge is -2.15. The van der Waals surface area contributed by atoms with Crippen LogP contribution in [0.2, 0.25) is 15.1 Å². The largest absolute Gasteiger partial charge is 0.494 e. The lowest BCUT2D eigenvalue weighted by molar-refractivity contribution is -0.116. The molecule has 0 radical (unpaired) electrons. The second kappa shape index (κ2) is 39.9. The van der Waals surface area contributed by atoms with E-state index in [1.165, 1.54) is 36.4 Å². The fraction of sp³-hybridized carbons (Fsp3) is 0.253. The first kappa shape index (κ1) is 91.9. The molecule has 128 heavy (non-hydrogen) atoms. The molecule has 660 valence electrons. The molecule has 4 aromatic heterocycles. The summed E-state index contributed by atoms with van der Waals surface area (Å²) in [5.74, 6) is 0.359. The summed E-state index contributed by atoms with van der Waals surface area (Å²) in [5, 5.41) is 23.0. The summed E-state index contributed by atoms with van der Waals surface area (Å²) < 4.78 is 109. The van der Waals surface area contributed by atoms with Crippen LogP contribution in [0.5, 0.6) is 17.2 Å². The summed E-state index contributed by atoms with van der Waals surface area (Å²) in [6.45, 7) is 21.9. The minimum Gasteiger partial charge on any atom is -0.494 e. The number of halogens is 3. The number of sulfonamides is 3. The molecule has 0 aliphatic heterocycles. The van der Waals surface area contributed by atoms with Crippen molar-refractivity contribution in [3.8, 4) is 50.9 Å². The van der Waals surface area contributed by atoms with E-state index < -0.39 is 47.8 Å². The monoisotopic (exact) mass is 1830 g/mol. The van der Waals surface area contributed by atoms with Gasteiger partial charge < -0.3 is 14.2 Å². The number of aromatic nitrogens is 8. The van der Waals surface area contributed by atoms with Gasteiger partial charge in [0.1, 0.15) is 17.2 Å². The van der Waals surface area contributed by atoms with Crippen LogP contribution in [-0.2, 0) is 70.3 Å². The molecule has 23 nitrogen and oxygen atoms in total. The van der Waals surface area contributed by atoms with Crippen LogP contribution in [0.1, 0.15) is 144 Å². The summed E-state index contributed by atoms with van der Waals surface area (Å²) >= 11 is 18.9. The van der Waals surface area contributed by atoms with Crippen molar-refractivity contribution in [3.63, 3.8) is 0 Å². The number of tetrazole rings is 1. The third-order valence-corrected chi connectivity index (χ3v) is 28.6. The first-order chi connectivity index (χ1) is 61.4. The lowest BCUT2D eigenvalue weighted by atomic mass is 9.93. The van der Waals surface area contributed by atoms with Gasteiger partial charge in [-0.15, -0.1) is 5.10 Å². The van der Waals surface area contributed by atoms with E-state index >= 15 is 0 Å². The van der Waals surface area contributed by atoms with Gasteiger partial charge in [0.15, 0.2) is 5.65 Å². The van der Waals surface area contributed by atoms with Gasteiger partial charge >= 0.3 is 0 Å². The number of amides is 3. The van der Waals surface area contributed by atoms with Crippen molar-refractivity contribution in [2.24, 2.45) is 0 Å². The number of ether oxygens (including phenoxy) is 3. The third kappa shape index (κ3) is 20.6. The maximum Gasteiger partial charge on any atom is 0.264 e. The smallest absolute Gasteiger partial charge is 0.264 e. The minimum atomic E-state index is -4.06. The van der Waals surface area contributed by atoms with Crippen molar-refractivity contribution in [1.82, 2.24) is 53.8 Å². The number of pyridine rings is 1. The molecule has 4 heterocycles. The van der Waals surface area contributed by atoms with Gasteiger partial charge in [-0.3, -0.25) is 23.7 Å². The highest BCUT2D eigenvalue weighted by molar-refractivity contribution is 7.90.